The fourth-order valence-electron chi connectivity index (χ4n) is 2.47. The van der Waals surface area contributed by atoms with Crippen molar-refractivity contribution in [2.24, 2.45) is 0 Å². The highest BCUT2D eigenvalue weighted by atomic mass is 32.1. The van der Waals surface area contributed by atoms with Gasteiger partial charge in [0.2, 0.25) is 5.91 Å². The maximum Gasteiger partial charge on any atom is 0.240 e. The van der Waals surface area contributed by atoms with Crippen molar-refractivity contribution in [1.82, 2.24) is 9.88 Å². The SMILES string of the molecule is C[C@H]1CN(CC(=O)Nc2nc(-c3ccccc3)cs2)CCO1. The van der Waals surface area contributed by atoms with E-state index in [-0.39, 0.29) is 12.0 Å². The van der Waals surface area contributed by atoms with Gasteiger partial charge in [0.05, 0.1) is 24.9 Å². The van der Waals surface area contributed by atoms with Crippen molar-refractivity contribution in [3.8, 4) is 11.3 Å². The first kappa shape index (κ1) is 15.1. The zero-order valence-corrected chi connectivity index (χ0v) is 13.3. The van der Waals surface area contributed by atoms with Crippen LogP contribution in [0.4, 0.5) is 5.13 Å². The summed E-state index contributed by atoms with van der Waals surface area (Å²) in [5.41, 5.74) is 1.95. The first-order chi connectivity index (χ1) is 10.7. The lowest BCUT2D eigenvalue weighted by Gasteiger charge is -2.30. The molecule has 1 aromatic carbocycles. The summed E-state index contributed by atoms with van der Waals surface area (Å²) in [5, 5.41) is 5.48. The average molecular weight is 317 g/mol. The number of thiazole rings is 1. The molecule has 1 fully saturated rings. The highest BCUT2D eigenvalue weighted by molar-refractivity contribution is 7.14. The summed E-state index contributed by atoms with van der Waals surface area (Å²) < 4.78 is 5.48. The van der Waals surface area contributed by atoms with Crippen LogP contribution in [0.25, 0.3) is 11.3 Å². The van der Waals surface area contributed by atoms with Gasteiger partial charge in [0.15, 0.2) is 5.13 Å². The molecule has 1 saturated heterocycles. The van der Waals surface area contributed by atoms with E-state index in [2.05, 4.69) is 15.2 Å². The van der Waals surface area contributed by atoms with Crippen molar-refractivity contribution in [2.45, 2.75) is 13.0 Å². The number of hydrogen-bond acceptors (Lipinski definition) is 5. The lowest BCUT2D eigenvalue weighted by atomic mass is 10.2. The zero-order valence-electron chi connectivity index (χ0n) is 12.5. The summed E-state index contributed by atoms with van der Waals surface area (Å²) >= 11 is 1.45. The van der Waals surface area contributed by atoms with E-state index >= 15 is 0 Å². The number of hydrogen-bond donors (Lipinski definition) is 1. The van der Waals surface area contributed by atoms with Gasteiger partial charge in [-0.3, -0.25) is 9.69 Å². The lowest BCUT2D eigenvalue weighted by Crippen LogP contribution is -2.44. The normalized spacial score (nSPS) is 19.0. The standard InChI is InChI=1S/C16H19N3O2S/c1-12-9-19(7-8-21-12)10-15(20)18-16-17-14(11-22-16)13-5-3-2-4-6-13/h2-6,11-12H,7-10H2,1H3,(H,17,18,20)/t12-/m0/s1. The molecule has 22 heavy (non-hydrogen) atoms. The summed E-state index contributed by atoms with van der Waals surface area (Å²) in [6.45, 7) is 4.68. The van der Waals surface area contributed by atoms with Crippen LogP contribution in [0.2, 0.25) is 0 Å². The monoisotopic (exact) mass is 317 g/mol. The minimum Gasteiger partial charge on any atom is -0.376 e. The van der Waals surface area contributed by atoms with Crippen LogP contribution in [0.1, 0.15) is 6.92 Å². The minimum atomic E-state index is -0.0249. The smallest absolute Gasteiger partial charge is 0.240 e. The molecule has 116 valence electrons. The molecular weight excluding hydrogens is 298 g/mol. The molecule has 0 radical (unpaired) electrons. The molecule has 6 heteroatoms. The second-order valence-electron chi connectivity index (χ2n) is 5.37. The first-order valence-corrected chi connectivity index (χ1v) is 8.23. The Morgan fingerprint density at radius 1 is 1.45 bits per heavy atom. The van der Waals surface area contributed by atoms with Gasteiger partial charge in [-0.2, -0.15) is 0 Å². The van der Waals surface area contributed by atoms with Gasteiger partial charge in [-0.05, 0) is 6.92 Å². The van der Waals surface area contributed by atoms with Crippen LogP contribution in [0.5, 0.6) is 0 Å². The van der Waals surface area contributed by atoms with E-state index in [9.17, 15) is 4.79 Å². The summed E-state index contributed by atoms with van der Waals surface area (Å²) in [7, 11) is 0. The van der Waals surface area contributed by atoms with E-state index < -0.39 is 0 Å². The van der Waals surface area contributed by atoms with Gasteiger partial charge in [0.1, 0.15) is 0 Å². The number of amides is 1. The molecule has 0 saturated carbocycles. The topological polar surface area (TPSA) is 54.5 Å². The zero-order chi connectivity index (χ0) is 15.4. The fourth-order valence-corrected chi connectivity index (χ4v) is 3.20. The minimum absolute atomic E-state index is 0.0249. The second-order valence-corrected chi connectivity index (χ2v) is 6.23. The number of carbonyl (C=O) groups is 1. The fraction of sp³-hybridized carbons (Fsp3) is 0.375. The van der Waals surface area contributed by atoms with E-state index in [1.54, 1.807) is 0 Å². The Labute approximate surface area is 133 Å². The van der Waals surface area contributed by atoms with E-state index in [1.165, 1.54) is 11.3 Å². The van der Waals surface area contributed by atoms with Crippen molar-refractivity contribution < 1.29 is 9.53 Å². The van der Waals surface area contributed by atoms with Crippen LogP contribution in [0.15, 0.2) is 35.7 Å². The Morgan fingerprint density at radius 3 is 3.05 bits per heavy atom. The largest absolute Gasteiger partial charge is 0.376 e. The van der Waals surface area contributed by atoms with E-state index in [1.807, 2.05) is 42.6 Å². The average Bonchev–Trinajstić information content (AvgIpc) is 2.96. The molecule has 1 amide bonds. The van der Waals surface area contributed by atoms with Crippen molar-refractivity contribution in [3.05, 3.63) is 35.7 Å². The molecule has 1 N–H and O–H groups in total. The number of carbonyl (C=O) groups excluding carboxylic acids is 1. The van der Waals surface area contributed by atoms with Gasteiger partial charge >= 0.3 is 0 Å². The van der Waals surface area contributed by atoms with Crippen LogP contribution in [-0.4, -0.2) is 48.1 Å². The first-order valence-electron chi connectivity index (χ1n) is 7.35. The van der Waals surface area contributed by atoms with Crippen LogP contribution in [0, 0.1) is 0 Å². The Morgan fingerprint density at radius 2 is 2.27 bits per heavy atom. The van der Waals surface area contributed by atoms with Crippen molar-refractivity contribution in [2.75, 3.05) is 31.6 Å². The van der Waals surface area contributed by atoms with Gasteiger partial charge in [-0.15, -0.1) is 11.3 Å². The van der Waals surface area contributed by atoms with Crippen LogP contribution < -0.4 is 5.32 Å². The molecule has 0 unspecified atom stereocenters. The Bertz CT molecular complexity index is 629. The molecule has 1 atom stereocenters. The summed E-state index contributed by atoms with van der Waals surface area (Å²) in [6, 6.07) is 9.95. The predicted octanol–water partition coefficient (Wildman–Crippen LogP) is 2.47. The number of rotatable bonds is 4. The molecule has 0 bridgehead atoms. The molecule has 1 aliphatic heterocycles. The molecule has 1 aliphatic rings. The molecule has 3 rings (SSSR count). The van der Waals surface area contributed by atoms with Gasteiger partial charge in [0.25, 0.3) is 0 Å². The Balaban J connectivity index is 1.57. The number of anilines is 1. The summed E-state index contributed by atoms with van der Waals surface area (Å²) in [5.74, 6) is -0.0249. The third-order valence-electron chi connectivity index (χ3n) is 3.51. The number of nitrogens with one attached hydrogen (secondary N) is 1. The number of morpholine rings is 1. The molecule has 2 heterocycles. The van der Waals surface area contributed by atoms with Gasteiger partial charge in [-0.1, -0.05) is 30.3 Å². The number of aromatic nitrogens is 1. The van der Waals surface area contributed by atoms with E-state index in [4.69, 9.17) is 4.74 Å². The molecule has 2 aromatic rings. The third-order valence-corrected chi connectivity index (χ3v) is 4.27. The van der Waals surface area contributed by atoms with E-state index in [0.717, 1.165) is 24.3 Å². The highest BCUT2D eigenvalue weighted by Crippen LogP contribution is 2.24. The maximum atomic E-state index is 12.1. The second kappa shape index (κ2) is 7.00. The Hall–Kier alpha value is -1.76. The van der Waals surface area contributed by atoms with Crippen molar-refractivity contribution in [1.29, 1.82) is 0 Å². The molecular formula is C16H19N3O2S. The lowest BCUT2D eigenvalue weighted by molar-refractivity contribution is -0.119. The maximum absolute atomic E-state index is 12.1. The summed E-state index contributed by atoms with van der Waals surface area (Å²) in [4.78, 5) is 18.7. The van der Waals surface area contributed by atoms with Gasteiger partial charge in [0, 0.05) is 24.0 Å². The van der Waals surface area contributed by atoms with Crippen LogP contribution in [0.3, 0.4) is 0 Å². The van der Waals surface area contributed by atoms with Crippen molar-refractivity contribution in [3.63, 3.8) is 0 Å². The van der Waals surface area contributed by atoms with Crippen molar-refractivity contribution >= 4 is 22.4 Å². The number of benzene rings is 1. The van der Waals surface area contributed by atoms with Gasteiger partial charge in [-0.25, -0.2) is 4.98 Å². The Kier molecular flexibility index (Phi) is 4.82. The van der Waals surface area contributed by atoms with Crippen LogP contribution in [-0.2, 0) is 9.53 Å². The van der Waals surface area contributed by atoms with Gasteiger partial charge < -0.3 is 10.1 Å². The molecule has 1 aromatic heterocycles. The number of ether oxygens (including phenoxy) is 1. The summed E-state index contributed by atoms with van der Waals surface area (Å²) in [6.07, 6.45) is 0.186. The third kappa shape index (κ3) is 3.91. The number of nitrogens with zero attached hydrogens (tertiary/aromatic N) is 2. The van der Waals surface area contributed by atoms with E-state index in [0.29, 0.717) is 18.3 Å². The predicted molar refractivity (Wildman–Crippen MR) is 88.0 cm³/mol. The quantitative estimate of drug-likeness (QED) is 0.941. The molecule has 5 nitrogen and oxygen atoms in total. The molecule has 0 spiro atoms. The van der Waals surface area contributed by atoms with Crippen LogP contribution >= 0.6 is 11.3 Å². The highest BCUT2D eigenvalue weighted by Gasteiger charge is 2.19. The molecule has 0 aliphatic carbocycles.